The Morgan fingerprint density at radius 2 is 2.14 bits per heavy atom. The fraction of sp³-hybridized carbons (Fsp3) is 0.238. The molecule has 1 aliphatic heterocycles. The fourth-order valence-electron chi connectivity index (χ4n) is 3.06. The molecule has 3 heterocycles. The lowest BCUT2D eigenvalue weighted by atomic mass is 9.92. The number of benzene rings is 1. The number of pyridine rings is 1. The second-order valence-corrected chi connectivity index (χ2v) is 8.07. The molecular formula is C21H19N3O3S. The molecule has 28 heavy (non-hydrogen) atoms. The number of fused-ring (bicyclic) bond motifs is 1. The van der Waals surface area contributed by atoms with Crippen LogP contribution < -0.4 is 10.1 Å². The van der Waals surface area contributed by atoms with Gasteiger partial charge in [-0.15, -0.1) is 11.3 Å². The lowest BCUT2D eigenvalue weighted by Crippen LogP contribution is -2.36. The van der Waals surface area contributed by atoms with Gasteiger partial charge in [0.05, 0.1) is 29.9 Å². The van der Waals surface area contributed by atoms with Gasteiger partial charge in [0, 0.05) is 17.1 Å². The normalized spacial score (nSPS) is 14.9. The highest BCUT2D eigenvalue weighted by molar-refractivity contribution is 7.13. The van der Waals surface area contributed by atoms with E-state index >= 15 is 0 Å². The summed E-state index contributed by atoms with van der Waals surface area (Å²) in [6.45, 7) is 4.06. The van der Waals surface area contributed by atoms with E-state index in [9.17, 15) is 9.59 Å². The van der Waals surface area contributed by atoms with Crippen LogP contribution in [0.25, 0.3) is 10.7 Å². The zero-order valence-electron chi connectivity index (χ0n) is 15.6. The van der Waals surface area contributed by atoms with Crippen molar-refractivity contribution in [3.05, 3.63) is 64.8 Å². The Labute approximate surface area is 166 Å². The first kappa shape index (κ1) is 18.3. The number of ether oxygens (including phenoxy) is 1. The van der Waals surface area contributed by atoms with Gasteiger partial charge in [-0.1, -0.05) is 6.07 Å². The molecule has 0 saturated heterocycles. The molecule has 1 aromatic carbocycles. The van der Waals surface area contributed by atoms with Crippen LogP contribution >= 0.6 is 11.3 Å². The standard InChI is InChI=1S/C21H19N3O3S/c1-21(2)10-17(25)15-9-13(6-7-18(15)27-21)19(26)23-11-14-12-28-20(24-14)16-5-3-4-8-22-16/h3-9,12H,10-11H2,1-2H3,(H,23,26). The highest BCUT2D eigenvalue weighted by Gasteiger charge is 2.32. The summed E-state index contributed by atoms with van der Waals surface area (Å²) in [6.07, 6.45) is 2.01. The van der Waals surface area contributed by atoms with Crippen molar-refractivity contribution < 1.29 is 14.3 Å². The first-order valence-electron chi connectivity index (χ1n) is 8.91. The van der Waals surface area contributed by atoms with Crippen molar-refractivity contribution >= 4 is 23.0 Å². The van der Waals surface area contributed by atoms with Gasteiger partial charge in [-0.05, 0) is 44.2 Å². The maximum atomic E-state index is 12.5. The molecular weight excluding hydrogens is 374 g/mol. The van der Waals surface area contributed by atoms with Gasteiger partial charge in [0.2, 0.25) is 0 Å². The average Bonchev–Trinajstić information content (AvgIpc) is 3.15. The van der Waals surface area contributed by atoms with Crippen molar-refractivity contribution in [3.8, 4) is 16.5 Å². The first-order chi connectivity index (χ1) is 13.4. The number of carbonyl (C=O) groups excluding carboxylic acids is 2. The molecule has 6 nitrogen and oxygen atoms in total. The van der Waals surface area contributed by atoms with Crippen molar-refractivity contribution in [2.75, 3.05) is 0 Å². The third-order valence-corrected chi connectivity index (χ3v) is 5.29. The smallest absolute Gasteiger partial charge is 0.251 e. The molecule has 142 valence electrons. The first-order valence-corrected chi connectivity index (χ1v) is 9.79. The van der Waals surface area contributed by atoms with Gasteiger partial charge in [-0.2, -0.15) is 0 Å². The number of ketones is 1. The number of amides is 1. The van der Waals surface area contributed by atoms with Gasteiger partial charge in [0.15, 0.2) is 5.78 Å². The number of thiazole rings is 1. The Balaban J connectivity index is 1.44. The molecule has 1 aliphatic rings. The van der Waals surface area contributed by atoms with Crippen molar-refractivity contribution in [1.82, 2.24) is 15.3 Å². The zero-order chi connectivity index (χ0) is 19.7. The van der Waals surface area contributed by atoms with Gasteiger partial charge in [0.1, 0.15) is 16.4 Å². The Morgan fingerprint density at radius 1 is 1.29 bits per heavy atom. The molecule has 2 aromatic heterocycles. The van der Waals surface area contributed by atoms with Gasteiger partial charge >= 0.3 is 0 Å². The minimum Gasteiger partial charge on any atom is -0.487 e. The van der Waals surface area contributed by atoms with E-state index in [2.05, 4.69) is 15.3 Å². The van der Waals surface area contributed by atoms with Gasteiger partial charge in [-0.25, -0.2) is 4.98 Å². The predicted molar refractivity (Wildman–Crippen MR) is 107 cm³/mol. The van der Waals surface area contributed by atoms with Crippen LogP contribution in [0.3, 0.4) is 0 Å². The molecule has 0 bridgehead atoms. The highest BCUT2D eigenvalue weighted by Crippen LogP contribution is 2.33. The fourth-order valence-corrected chi connectivity index (χ4v) is 3.86. The lowest BCUT2D eigenvalue weighted by Gasteiger charge is -2.31. The minimum atomic E-state index is -0.524. The van der Waals surface area contributed by atoms with Gasteiger partial charge in [0.25, 0.3) is 5.91 Å². The second kappa shape index (κ2) is 7.16. The SMILES string of the molecule is CC1(C)CC(=O)c2cc(C(=O)NCc3csc(-c4ccccn4)n3)ccc2O1. The lowest BCUT2D eigenvalue weighted by molar-refractivity contribution is 0.0620. The molecule has 0 radical (unpaired) electrons. The Bertz CT molecular complexity index is 1040. The van der Waals surface area contributed by atoms with Gasteiger partial charge in [-0.3, -0.25) is 14.6 Å². The summed E-state index contributed by atoms with van der Waals surface area (Å²) in [4.78, 5) is 33.7. The number of rotatable bonds is 4. The molecule has 7 heteroatoms. The van der Waals surface area contributed by atoms with Crippen LogP contribution in [0.1, 0.15) is 46.7 Å². The van der Waals surface area contributed by atoms with E-state index in [1.54, 1.807) is 24.4 Å². The number of hydrogen-bond acceptors (Lipinski definition) is 6. The number of Topliss-reactive ketones (excluding diaryl/α,β-unsaturated/α-hetero) is 1. The van der Waals surface area contributed by atoms with Crippen LogP contribution in [0.15, 0.2) is 48.0 Å². The van der Waals surface area contributed by atoms with E-state index in [4.69, 9.17) is 4.74 Å². The molecule has 0 aliphatic carbocycles. The van der Waals surface area contributed by atoms with Crippen LogP contribution in [0, 0.1) is 0 Å². The molecule has 0 atom stereocenters. The molecule has 0 spiro atoms. The van der Waals surface area contributed by atoms with Crippen LogP contribution in [0.2, 0.25) is 0 Å². The Kier molecular flexibility index (Phi) is 4.68. The van der Waals surface area contributed by atoms with E-state index in [0.717, 1.165) is 16.4 Å². The summed E-state index contributed by atoms with van der Waals surface area (Å²) >= 11 is 1.48. The molecule has 0 unspecified atom stereocenters. The third kappa shape index (κ3) is 3.80. The van der Waals surface area contributed by atoms with E-state index in [1.807, 2.05) is 37.4 Å². The number of carbonyl (C=O) groups is 2. The summed E-state index contributed by atoms with van der Waals surface area (Å²) in [6, 6.07) is 10.6. The zero-order valence-corrected chi connectivity index (χ0v) is 16.4. The van der Waals surface area contributed by atoms with Crippen LogP contribution in [-0.4, -0.2) is 27.3 Å². The van der Waals surface area contributed by atoms with E-state index in [1.165, 1.54) is 11.3 Å². The Hall–Kier alpha value is -3.06. The van der Waals surface area contributed by atoms with Crippen molar-refractivity contribution in [3.63, 3.8) is 0 Å². The van der Waals surface area contributed by atoms with Crippen molar-refractivity contribution in [2.45, 2.75) is 32.4 Å². The van der Waals surface area contributed by atoms with Crippen LogP contribution in [0.4, 0.5) is 0 Å². The molecule has 1 amide bonds. The van der Waals surface area contributed by atoms with E-state index in [0.29, 0.717) is 29.8 Å². The minimum absolute atomic E-state index is 0.0135. The highest BCUT2D eigenvalue weighted by atomic mass is 32.1. The molecule has 1 N–H and O–H groups in total. The monoisotopic (exact) mass is 393 g/mol. The number of aromatic nitrogens is 2. The predicted octanol–water partition coefficient (Wildman–Crippen LogP) is 3.88. The number of nitrogens with zero attached hydrogens (tertiary/aromatic N) is 2. The maximum Gasteiger partial charge on any atom is 0.251 e. The topological polar surface area (TPSA) is 81.2 Å². The second-order valence-electron chi connectivity index (χ2n) is 7.21. The maximum absolute atomic E-state index is 12.5. The quantitative estimate of drug-likeness (QED) is 0.727. The van der Waals surface area contributed by atoms with Crippen molar-refractivity contribution in [2.24, 2.45) is 0 Å². The third-order valence-electron chi connectivity index (χ3n) is 4.38. The van der Waals surface area contributed by atoms with Gasteiger partial charge < -0.3 is 10.1 Å². The molecule has 0 fully saturated rings. The average molecular weight is 393 g/mol. The van der Waals surface area contributed by atoms with E-state index < -0.39 is 5.60 Å². The number of nitrogens with one attached hydrogen (secondary N) is 1. The summed E-state index contributed by atoms with van der Waals surface area (Å²) in [5, 5.41) is 5.56. The number of hydrogen-bond donors (Lipinski definition) is 1. The summed E-state index contributed by atoms with van der Waals surface area (Å²) in [7, 11) is 0. The molecule has 3 aromatic rings. The Morgan fingerprint density at radius 3 is 2.93 bits per heavy atom. The molecule has 0 saturated carbocycles. The summed E-state index contributed by atoms with van der Waals surface area (Å²) in [5.74, 6) is 0.255. The van der Waals surface area contributed by atoms with Crippen LogP contribution in [0.5, 0.6) is 5.75 Å². The molecule has 4 rings (SSSR count). The largest absolute Gasteiger partial charge is 0.487 e. The van der Waals surface area contributed by atoms with E-state index in [-0.39, 0.29) is 11.7 Å². The van der Waals surface area contributed by atoms with Crippen LogP contribution in [-0.2, 0) is 6.54 Å². The van der Waals surface area contributed by atoms with Crippen molar-refractivity contribution in [1.29, 1.82) is 0 Å². The summed E-state index contributed by atoms with van der Waals surface area (Å²) < 4.78 is 5.83. The summed E-state index contributed by atoms with van der Waals surface area (Å²) in [5.41, 5.74) is 1.93.